The normalized spacial score (nSPS) is 10.9. The molecule has 0 bridgehead atoms. The molecule has 108 valence electrons. The molecule has 1 aromatic carbocycles. The van der Waals surface area contributed by atoms with Crippen LogP contribution in [-0.2, 0) is 17.9 Å². The van der Waals surface area contributed by atoms with Crippen LogP contribution in [0.4, 0.5) is 0 Å². The molecule has 0 aliphatic heterocycles. The fourth-order valence-corrected chi connectivity index (χ4v) is 2.35. The van der Waals surface area contributed by atoms with Crippen LogP contribution in [0.3, 0.4) is 0 Å². The van der Waals surface area contributed by atoms with Gasteiger partial charge in [0.2, 0.25) is 0 Å². The van der Waals surface area contributed by atoms with Crippen molar-refractivity contribution < 1.29 is 9.15 Å². The lowest BCUT2D eigenvalue weighted by atomic mass is 10.2. The van der Waals surface area contributed by atoms with Crippen molar-refractivity contribution in [3.05, 3.63) is 57.4 Å². The van der Waals surface area contributed by atoms with Gasteiger partial charge in [-0.05, 0) is 48.9 Å². The van der Waals surface area contributed by atoms with E-state index in [0.717, 1.165) is 40.3 Å². The van der Waals surface area contributed by atoms with E-state index in [4.69, 9.17) is 20.8 Å². The first kappa shape index (κ1) is 15.6. The number of ether oxygens (including phenoxy) is 1. The van der Waals surface area contributed by atoms with Crippen LogP contribution in [0.5, 0.6) is 0 Å². The first-order valence-corrected chi connectivity index (χ1v) is 7.67. The molecule has 1 heterocycles. The molecule has 1 N–H and O–H groups in total. The highest BCUT2D eigenvalue weighted by atomic mass is 79.9. The Hall–Kier alpha value is -0.810. The second kappa shape index (κ2) is 8.47. The van der Waals surface area contributed by atoms with E-state index in [1.165, 1.54) is 0 Å². The Morgan fingerprint density at radius 1 is 1.30 bits per heavy atom. The van der Waals surface area contributed by atoms with Crippen LogP contribution in [0.1, 0.15) is 17.7 Å². The second-order valence-corrected chi connectivity index (χ2v) is 5.69. The van der Waals surface area contributed by atoms with Crippen LogP contribution < -0.4 is 5.32 Å². The highest BCUT2D eigenvalue weighted by molar-refractivity contribution is 9.10. The molecule has 0 atom stereocenters. The average Bonchev–Trinajstić information content (AvgIpc) is 2.94. The summed E-state index contributed by atoms with van der Waals surface area (Å²) in [6.45, 7) is 2.94. The van der Waals surface area contributed by atoms with E-state index in [2.05, 4.69) is 21.2 Å². The summed E-state index contributed by atoms with van der Waals surface area (Å²) in [5.74, 6) is 0.862. The van der Waals surface area contributed by atoms with E-state index in [1.807, 2.05) is 30.3 Å². The zero-order valence-electron chi connectivity index (χ0n) is 11.1. The van der Waals surface area contributed by atoms with Crippen LogP contribution in [0.15, 0.2) is 45.5 Å². The van der Waals surface area contributed by atoms with Gasteiger partial charge >= 0.3 is 0 Å². The van der Waals surface area contributed by atoms with Gasteiger partial charge in [0, 0.05) is 22.6 Å². The third-order valence-corrected chi connectivity index (χ3v) is 3.80. The number of furan rings is 1. The predicted molar refractivity (Wildman–Crippen MR) is 83.8 cm³/mol. The Balaban J connectivity index is 1.56. The van der Waals surface area contributed by atoms with Gasteiger partial charge in [-0.15, -0.1) is 0 Å². The van der Waals surface area contributed by atoms with Crippen LogP contribution in [0.25, 0.3) is 0 Å². The second-order valence-electron chi connectivity index (χ2n) is 4.40. The monoisotopic (exact) mass is 357 g/mol. The van der Waals surface area contributed by atoms with Crippen LogP contribution in [0.2, 0.25) is 5.02 Å². The summed E-state index contributed by atoms with van der Waals surface area (Å²) < 4.78 is 11.8. The Morgan fingerprint density at radius 2 is 2.20 bits per heavy atom. The minimum absolute atomic E-state index is 0.535. The Morgan fingerprint density at radius 3 is 3.00 bits per heavy atom. The largest absolute Gasteiger partial charge is 0.467 e. The molecule has 1 aromatic heterocycles. The minimum Gasteiger partial charge on any atom is -0.467 e. The van der Waals surface area contributed by atoms with Crippen molar-refractivity contribution in [3.8, 4) is 0 Å². The van der Waals surface area contributed by atoms with Crippen molar-refractivity contribution in [1.82, 2.24) is 5.32 Å². The maximum absolute atomic E-state index is 5.97. The van der Waals surface area contributed by atoms with Gasteiger partial charge in [-0.3, -0.25) is 0 Å². The lowest BCUT2D eigenvalue weighted by Gasteiger charge is -2.07. The molecular formula is C15H17BrClNO2. The smallest absolute Gasteiger partial charge is 0.129 e. The fourth-order valence-electron chi connectivity index (χ4n) is 1.77. The van der Waals surface area contributed by atoms with Crippen molar-refractivity contribution in [3.63, 3.8) is 0 Å². The molecular weight excluding hydrogens is 342 g/mol. The molecule has 0 spiro atoms. The SMILES string of the molecule is Clc1ccc(Br)c(CNCCCOCc2ccco2)c1. The summed E-state index contributed by atoms with van der Waals surface area (Å²) in [5, 5.41) is 4.13. The summed E-state index contributed by atoms with van der Waals surface area (Å²) in [6.07, 6.45) is 2.61. The van der Waals surface area contributed by atoms with Gasteiger partial charge in [0.05, 0.1) is 6.26 Å². The zero-order chi connectivity index (χ0) is 14.2. The third kappa shape index (κ3) is 5.29. The molecule has 0 radical (unpaired) electrons. The lowest BCUT2D eigenvalue weighted by molar-refractivity contribution is 0.104. The van der Waals surface area contributed by atoms with Gasteiger partial charge in [0.15, 0.2) is 0 Å². The third-order valence-electron chi connectivity index (χ3n) is 2.79. The summed E-state index contributed by atoms with van der Waals surface area (Å²) in [5.41, 5.74) is 1.16. The minimum atomic E-state index is 0.535. The van der Waals surface area contributed by atoms with Gasteiger partial charge in [0.1, 0.15) is 12.4 Å². The number of rotatable bonds is 8. The zero-order valence-corrected chi connectivity index (χ0v) is 13.4. The van der Waals surface area contributed by atoms with Crippen LogP contribution in [0, 0.1) is 0 Å². The molecule has 0 fully saturated rings. The van der Waals surface area contributed by atoms with Gasteiger partial charge < -0.3 is 14.5 Å². The number of hydrogen-bond acceptors (Lipinski definition) is 3. The topological polar surface area (TPSA) is 34.4 Å². The van der Waals surface area contributed by atoms with Crippen LogP contribution in [-0.4, -0.2) is 13.2 Å². The summed E-state index contributed by atoms with van der Waals surface area (Å²) in [4.78, 5) is 0. The first-order chi connectivity index (χ1) is 9.75. The maximum atomic E-state index is 5.97. The molecule has 0 aliphatic carbocycles. The van der Waals surface area contributed by atoms with E-state index >= 15 is 0 Å². The summed E-state index contributed by atoms with van der Waals surface area (Å²) in [6, 6.07) is 9.58. The molecule has 20 heavy (non-hydrogen) atoms. The molecule has 0 saturated carbocycles. The van der Waals surface area contributed by atoms with Gasteiger partial charge in [-0.2, -0.15) is 0 Å². The number of halogens is 2. The number of hydrogen-bond donors (Lipinski definition) is 1. The predicted octanol–water partition coefficient (Wildman–Crippen LogP) is 4.39. The summed E-state index contributed by atoms with van der Waals surface area (Å²) in [7, 11) is 0. The van der Waals surface area contributed by atoms with E-state index < -0.39 is 0 Å². The molecule has 0 saturated heterocycles. The van der Waals surface area contributed by atoms with E-state index in [9.17, 15) is 0 Å². The maximum Gasteiger partial charge on any atom is 0.129 e. The van der Waals surface area contributed by atoms with E-state index in [0.29, 0.717) is 13.2 Å². The molecule has 2 rings (SSSR count). The van der Waals surface area contributed by atoms with Crippen molar-refractivity contribution in [2.45, 2.75) is 19.6 Å². The van der Waals surface area contributed by atoms with Crippen molar-refractivity contribution in [1.29, 1.82) is 0 Å². The number of benzene rings is 1. The Kier molecular flexibility index (Phi) is 6.60. The van der Waals surface area contributed by atoms with Crippen molar-refractivity contribution in [2.75, 3.05) is 13.2 Å². The van der Waals surface area contributed by atoms with E-state index in [-0.39, 0.29) is 0 Å². The van der Waals surface area contributed by atoms with Gasteiger partial charge in [0.25, 0.3) is 0 Å². The lowest BCUT2D eigenvalue weighted by Crippen LogP contribution is -2.16. The highest BCUT2D eigenvalue weighted by Gasteiger charge is 2.00. The molecule has 0 aliphatic rings. The fraction of sp³-hybridized carbons (Fsp3) is 0.333. The highest BCUT2D eigenvalue weighted by Crippen LogP contribution is 2.20. The summed E-state index contributed by atoms with van der Waals surface area (Å²) >= 11 is 9.48. The van der Waals surface area contributed by atoms with Crippen molar-refractivity contribution >= 4 is 27.5 Å². The molecule has 0 amide bonds. The molecule has 5 heteroatoms. The Bertz CT molecular complexity index is 517. The molecule has 2 aromatic rings. The van der Waals surface area contributed by atoms with Gasteiger partial charge in [-0.1, -0.05) is 27.5 Å². The van der Waals surface area contributed by atoms with Crippen LogP contribution >= 0.6 is 27.5 Å². The average molecular weight is 359 g/mol. The van der Waals surface area contributed by atoms with E-state index in [1.54, 1.807) is 6.26 Å². The first-order valence-electron chi connectivity index (χ1n) is 6.50. The van der Waals surface area contributed by atoms with Gasteiger partial charge in [-0.25, -0.2) is 0 Å². The quantitative estimate of drug-likeness (QED) is 0.711. The standard InChI is InChI=1S/C15H17BrClNO2/c16-15-5-4-13(17)9-12(15)10-18-6-2-7-19-11-14-3-1-8-20-14/h1,3-5,8-9,18H,2,6-7,10-11H2. The molecule has 0 unspecified atom stereocenters. The molecule has 3 nitrogen and oxygen atoms in total. The van der Waals surface area contributed by atoms with Crippen molar-refractivity contribution in [2.24, 2.45) is 0 Å². The number of nitrogens with one attached hydrogen (secondary N) is 1. The Labute approximate surface area is 132 Å².